The number of rotatable bonds is 7. The summed E-state index contributed by atoms with van der Waals surface area (Å²) in [4.78, 5) is 24.5. The Morgan fingerprint density at radius 2 is 1.53 bits per heavy atom. The van der Waals surface area contributed by atoms with Gasteiger partial charge >= 0.3 is 12.0 Å². The normalized spacial score (nSPS) is 13.0. The summed E-state index contributed by atoms with van der Waals surface area (Å²) in [5.74, 6) is -0.600. The van der Waals surface area contributed by atoms with Crippen molar-refractivity contribution in [1.29, 1.82) is 0 Å². The number of esters is 1. The third-order valence-corrected chi connectivity index (χ3v) is 7.35. The predicted octanol–water partition coefficient (Wildman–Crippen LogP) is 3.45. The SMILES string of the molecule is Cc1ccc(S(=O)(=O)NC(=O)Nc2ccc(C(=O)OCCn3c(O)c4c(c3O)CCCC4)cc2)cc1. The smallest absolute Gasteiger partial charge is 0.338 e. The van der Waals surface area contributed by atoms with Crippen molar-refractivity contribution >= 4 is 27.7 Å². The van der Waals surface area contributed by atoms with Gasteiger partial charge in [0.15, 0.2) is 11.8 Å². The number of sulfonamides is 1. The Morgan fingerprint density at radius 1 is 0.944 bits per heavy atom. The van der Waals surface area contributed by atoms with Gasteiger partial charge in [-0.1, -0.05) is 17.7 Å². The van der Waals surface area contributed by atoms with E-state index in [9.17, 15) is 28.2 Å². The molecule has 0 spiro atoms. The number of anilines is 1. The molecule has 4 N–H and O–H groups in total. The molecule has 1 heterocycles. The van der Waals surface area contributed by atoms with E-state index in [1.165, 1.54) is 41.0 Å². The minimum atomic E-state index is -4.03. The lowest BCUT2D eigenvalue weighted by atomic mass is 9.95. The number of aryl methyl sites for hydroxylation is 1. The summed E-state index contributed by atoms with van der Waals surface area (Å²) < 4.78 is 33.2. The summed E-state index contributed by atoms with van der Waals surface area (Å²) in [6.07, 6.45) is 3.32. The molecule has 0 aliphatic heterocycles. The maximum absolute atomic E-state index is 12.4. The van der Waals surface area contributed by atoms with Crippen molar-refractivity contribution in [3.8, 4) is 11.8 Å². The van der Waals surface area contributed by atoms with E-state index in [-0.39, 0.29) is 41.1 Å². The number of amides is 2. The average molecular weight is 514 g/mol. The highest BCUT2D eigenvalue weighted by Crippen LogP contribution is 2.38. The number of fused-ring (bicyclic) bond motifs is 1. The van der Waals surface area contributed by atoms with E-state index in [1.54, 1.807) is 12.1 Å². The molecule has 0 fully saturated rings. The Bertz CT molecular complexity index is 1350. The van der Waals surface area contributed by atoms with Crippen LogP contribution in [0.5, 0.6) is 11.8 Å². The van der Waals surface area contributed by atoms with Gasteiger partial charge < -0.3 is 20.3 Å². The summed E-state index contributed by atoms with van der Waals surface area (Å²) in [7, 11) is -4.03. The quantitative estimate of drug-likeness (QED) is 0.354. The molecule has 36 heavy (non-hydrogen) atoms. The van der Waals surface area contributed by atoms with Crippen molar-refractivity contribution in [1.82, 2.24) is 9.29 Å². The summed E-state index contributed by atoms with van der Waals surface area (Å²) in [6.45, 7) is 1.86. The van der Waals surface area contributed by atoms with E-state index in [0.717, 1.165) is 29.5 Å². The third-order valence-electron chi connectivity index (χ3n) is 6.00. The molecule has 0 bridgehead atoms. The monoisotopic (exact) mass is 513 g/mol. The standard InChI is InChI=1S/C25H27N3O7S/c1-16-6-12-19(13-7-16)36(33,34)27-25(32)26-18-10-8-17(9-11-18)24(31)35-15-14-28-22(29)20-4-2-3-5-21(20)23(28)30/h6-13,29-30H,2-5,14-15H2,1H3,(H2,26,27,32). The zero-order chi connectivity index (χ0) is 25.9. The Hall–Kier alpha value is -3.99. The van der Waals surface area contributed by atoms with Crippen LogP contribution in [0.25, 0.3) is 0 Å². The lowest BCUT2D eigenvalue weighted by Crippen LogP contribution is -2.34. The number of ether oxygens (including phenoxy) is 1. The number of nitrogens with one attached hydrogen (secondary N) is 2. The van der Waals surface area contributed by atoms with Crippen molar-refractivity contribution in [3.05, 3.63) is 70.8 Å². The molecule has 1 aliphatic carbocycles. The van der Waals surface area contributed by atoms with E-state index < -0.39 is 22.0 Å². The summed E-state index contributed by atoms with van der Waals surface area (Å²) in [5, 5.41) is 23.1. The van der Waals surface area contributed by atoms with Crippen LogP contribution in [0.1, 0.15) is 39.9 Å². The second-order valence-corrected chi connectivity index (χ2v) is 10.2. The molecule has 4 rings (SSSR count). The topological polar surface area (TPSA) is 147 Å². The second kappa shape index (κ2) is 10.3. The van der Waals surface area contributed by atoms with Crippen molar-refractivity contribution < 1.29 is 33.0 Å². The number of aromatic nitrogens is 1. The van der Waals surface area contributed by atoms with Crippen LogP contribution >= 0.6 is 0 Å². The van der Waals surface area contributed by atoms with Gasteiger partial charge in [0.25, 0.3) is 10.0 Å². The van der Waals surface area contributed by atoms with Crippen LogP contribution in [0.15, 0.2) is 53.4 Å². The molecule has 11 heteroatoms. The van der Waals surface area contributed by atoms with E-state index in [2.05, 4.69) is 5.32 Å². The Balaban J connectivity index is 1.30. The third kappa shape index (κ3) is 5.46. The summed E-state index contributed by atoms with van der Waals surface area (Å²) >= 11 is 0. The number of hydrogen-bond acceptors (Lipinski definition) is 7. The van der Waals surface area contributed by atoms with Gasteiger partial charge in [-0.3, -0.25) is 4.57 Å². The Labute approximate surface area is 208 Å². The highest BCUT2D eigenvalue weighted by Gasteiger charge is 2.24. The van der Waals surface area contributed by atoms with Gasteiger partial charge in [-0.05, 0) is 69.0 Å². The van der Waals surface area contributed by atoms with Gasteiger partial charge in [-0.2, -0.15) is 0 Å². The van der Waals surface area contributed by atoms with E-state index in [0.29, 0.717) is 12.8 Å². The van der Waals surface area contributed by atoms with Gasteiger partial charge in [0.05, 0.1) is 17.0 Å². The van der Waals surface area contributed by atoms with Crippen LogP contribution in [-0.2, 0) is 34.1 Å². The number of carbonyl (C=O) groups is 2. The molecule has 1 aliphatic rings. The van der Waals surface area contributed by atoms with Crippen molar-refractivity contribution in [2.75, 3.05) is 11.9 Å². The highest BCUT2D eigenvalue weighted by atomic mass is 32.2. The van der Waals surface area contributed by atoms with Crippen LogP contribution in [0.2, 0.25) is 0 Å². The molecule has 2 aromatic carbocycles. The predicted molar refractivity (Wildman–Crippen MR) is 132 cm³/mol. The zero-order valence-electron chi connectivity index (χ0n) is 19.7. The number of aromatic hydroxyl groups is 2. The highest BCUT2D eigenvalue weighted by molar-refractivity contribution is 7.90. The van der Waals surface area contributed by atoms with E-state index in [1.807, 2.05) is 11.6 Å². The minimum Gasteiger partial charge on any atom is -0.494 e. The van der Waals surface area contributed by atoms with Crippen LogP contribution in [0, 0.1) is 6.92 Å². The van der Waals surface area contributed by atoms with Gasteiger partial charge in [-0.15, -0.1) is 0 Å². The van der Waals surface area contributed by atoms with E-state index in [4.69, 9.17) is 4.74 Å². The second-order valence-electron chi connectivity index (χ2n) is 8.55. The molecule has 0 radical (unpaired) electrons. The molecule has 10 nitrogen and oxygen atoms in total. The fourth-order valence-electron chi connectivity index (χ4n) is 4.09. The first kappa shape index (κ1) is 25.1. The Morgan fingerprint density at radius 3 is 2.11 bits per heavy atom. The fraction of sp³-hybridized carbons (Fsp3) is 0.280. The first-order valence-electron chi connectivity index (χ1n) is 11.5. The molecule has 2 amide bonds. The molecule has 0 atom stereocenters. The van der Waals surface area contributed by atoms with Gasteiger partial charge in [0.2, 0.25) is 0 Å². The lowest BCUT2D eigenvalue weighted by molar-refractivity contribution is 0.0486. The molecule has 0 unspecified atom stereocenters. The molecule has 3 aromatic rings. The van der Waals surface area contributed by atoms with Crippen molar-refractivity contribution in [3.63, 3.8) is 0 Å². The van der Waals surface area contributed by atoms with Gasteiger partial charge in [-0.25, -0.2) is 22.7 Å². The first-order valence-corrected chi connectivity index (χ1v) is 12.9. The molecular formula is C25H27N3O7S. The summed E-state index contributed by atoms with van der Waals surface area (Å²) in [6, 6.07) is 10.8. The number of hydrogen-bond donors (Lipinski definition) is 4. The first-order chi connectivity index (χ1) is 17.2. The largest absolute Gasteiger partial charge is 0.494 e. The van der Waals surface area contributed by atoms with Crippen LogP contribution in [0.3, 0.4) is 0 Å². The maximum atomic E-state index is 12.4. The molecular weight excluding hydrogens is 486 g/mol. The molecule has 0 saturated carbocycles. The fourth-order valence-corrected chi connectivity index (χ4v) is 5.00. The van der Waals surface area contributed by atoms with Crippen LogP contribution in [0.4, 0.5) is 10.5 Å². The van der Waals surface area contributed by atoms with Gasteiger partial charge in [0, 0.05) is 16.8 Å². The number of benzene rings is 2. The Kier molecular flexibility index (Phi) is 7.20. The van der Waals surface area contributed by atoms with Crippen LogP contribution < -0.4 is 10.0 Å². The lowest BCUT2D eigenvalue weighted by Gasteiger charge is -2.10. The van der Waals surface area contributed by atoms with E-state index >= 15 is 0 Å². The van der Waals surface area contributed by atoms with Crippen LogP contribution in [-0.4, -0.2) is 41.8 Å². The zero-order valence-corrected chi connectivity index (χ0v) is 20.5. The number of urea groups is 1. The minimum absolute atomic E-state index is 0.0105. The molecule has 1 aromatic heterocycles. The molecule has 0 saturated heterocycles. The van der Waals surface area contributed by atoms with Crippen molar-refractivity contribution in [2.45, 2.75) is 44.0 Å². The molecule has 190 valence electrons. The summed E-state index contributed by atoms with van der Waals surface area (Å²) in [5.41, 5.74) is 2.88. The average Bonchev–Trinajstić information content (AvgIpc) is 3.09. The van der Waals surface area contributed by atoms with Crippen molar-refractivity contribution in [2.24, 2.45) is 0 Å². The maximum Gasteiger partial charge on any atom is 0.338 e. The number of carbonyl (C=O) groups excluding carboxylic acids is 2. The van der Waals surface area contributed by atoms with Gasteiger partial charge in [0.1, 0.15) is 6.61 Å². The number of nitrogens with zero attached hydrogens (tertiary/aromatic N) is 1.